The molecule has 3 amide bonds. The molecule has 0 fully saturated rings. The van der Waals surface area contributed by atoms with Gasteiger partial charge in [0.05, 0.1) is 31.6 Å². The number of amides is 3. The summed E-state index contributed by atoms with van der Waals surface area (Å²) >= 11 is 6.33. The van der Waals surface area contributed by atoms with Crippen molar-refractivity contribution in [3.05, 3.63) is 88.1 Å². The second-order valence-electron chi connectivity index (χ2n) is 9.32. The molecule has 0 saturated carbocycles. The number of carbonyl (C=O) groups excluding carboxylic acids is 4. The largest absolute Gasteiger partial charge is 0.497 e. The fourth-order valence-electron chi connectivity index (χ4n) is 4.04. The molecule has 1 heterocycles. The first-order valence-corrected chi connectivity index (χ1v) is 12.9. The minimum Gasteiger partial charge on any atom is -0.497 e. The van der Waals surface area contributed by atoms with Gasteiger partial charge in [-0.2, -0.15) is 0 Å². The first-order valence-electron chi connectivity index (χ1n) is 12.5. The SMILES string of the molecule is COc1ccc(N2C(=O)C(Cl)=C(Nc3cc(C(=O)Nc4cccc(C(=O)OC(C)C)c4)ccc3C)C2=O)c(OC)c1. The van der Waals surface area contributed by atoms with Gasteiger partial charge in [-0.05, 0) is 68.8 Å². The van der Waals surface area contributed by atoms with Crippen LogP contribution < -0.4 is 25.0 Å². The summed E-state index contributed by atoms with van der Waals surface area (Å²) in [6, 6.07) is 15.9. The number of esters is 1. The standard InChI is InChI=1S/C30H28ClN3O7/c1-16(2)41-30(38)19-7-6-8-20(13-19)32-27(35)18-10-9-17(3)22(14-18)33-26-25(31)28(36)34(29(26)37)23-12-11-21(39-4)15-24(23)40-5/h6-16,33H,1-5H3,(H,32,35). The third-order valence-corrected chi connectivity index (χ3v) is 6.46. The number of hydrogen-bond donors (Lipinski definition) is 2. The molecule has 0 bridgehead atoms. The van der Waals surface area contributed by atoms with Crippen LogP contribution in [0.3, 0.4) is 0 Å². The van der Waals surface area contributed by atoms with Gasteiger partial charge in [-0.3, -0.25) is 14.4 Å². The zero-order valence-electron chi connectivity index (χ0n) is 23.0. The average Bonchev–Trinajstić information content (AvgIpc) is 3.16. The van der Waals surface area contributed by atoms with E-state index in [0.717, 1.165) is 4.90 Å². The molecular formula is C30H28ClN3O7. The van der Waals surface area contributed by atoms with Crippen molar-refractivity contribution in [3.63, 3.8) is 0 Å². The Morgan fingerprint density at radius 2 is 1.66 bits per heavy atom. The average molecular weight is 578 g/mol. The summed E-state index contributed by atoms with van der Waals surface area (Å²) < 4.78 is 15.8. The molecule has 0 atom stereocenters. The second-order valence-corrected chi connectivity index (χ2v) is 9.69. The number of carbonyl (C=O) groups is 4. The van der Waals surface area contributed by atoms with Crippen LogP contribution >= 0.6 is 11.6 Å². The van der Waals surface area contributed by atoms with Crippen molar-refractivity contribution in [1.29, 1.82) is 0 Å². The highest BCUT2D eigenvalue weighted by Crippen LogP contribution is 2.38. The highest BCUT2D eigenvalue weighted by Gasteiger charge is 2.40. The van der Waals surface area contributed by atoms with Crippen molar-refractivity contribution in [1.82, 2.24) is 0 Å². The maximum atomic E-state index is 13.4. The summed E-state index contributed by atoms with van der Waals surface area (Å²) in [6.45, 7) is 5.27. The van der Waals surface area contributed by atoms with Gasteiger partial charge in [0.1, 0.15) is 22.2 Å². The molecule has 3 aromatic carbocycles. The first kappa shape index (κ1) is 29.2. The van der Waals surface area contributed by atoms with Crippen LogP contribution in [0.5, 0.6) is 11.5 Å². The minimum absolute atomic E-state index is 0.147. The van der Waals surface area contributed by atoms with E-state index in [1.807, 2.05) is 0 Å². The molecule has 0 spiro atoms. The Morgan fingerprint density at radius 3 is 2.34 bits per heavy atom. The van der Waals surface area contributed by atoms with E-state index in [2.05, 4.69) is 10.6 Å². The van der Waals surface area contributed by atoms with Crippen LogP contribution in [-0.4, -0.2) is 44.0 Å². The van der Waals surface area contributed by atoms with Crippen LogP contribution in [0.1, 0.15) is 40.1 Å². The van der Waals surface area contributed by atoms with Crippen LogP contribution in [0.15, 0.2) is 71.4 Å². The lowest BCUT2D eigenvalue weighted by molar-refractivity contribution is -0.120. The lowest BCUT2D eigenvalue weighted by Gasteiger charge is -2.19. The van der Waals surface area contributed by atoms with E-state index < -0.39 is 23.7 Å². The van der Waals surface area contributed by atoms with E-state index in [4.69, 9.17) is 25.8 Å². The number of ether oxygens (including phenoxy) is 3. The first-order chi connectivity index (χ1) is 19.5. The number of anilines is 3. The Morgan fingerprint density at radius 1 is 0.902 bits per heavy atom. The van der Waals surface area contributed by atoms with Crippen molar-refractivity contribution in [2.24, 2.45) is 0 Å². The Balaban J connectivity index is 1.56. The fourth-order valence-corrected chi connectivity index (χ4v) is 4.25. The number of hydrogen-bond acceptors (Lipinski definition) is 8. The summed E-state index contributed by atoms with van der Waals surface area (Å²) in [5.74, 6) is -1.66. The predicted octanol–water partition coefficient (Wildman–Crippen LogP) is 5.27. The van der Waals surface area contributed by atoms with Gasteiger partial charge in [-0.15, -0.1) is 0 Å². The molecule has 0 aromatic heterocycles. The number of nitrogens with one attached hydrogen (secondary N) is 2. The minimum atomic E-state index is -0.731. The molecule has 3 aromatic rings. The van der Waals surface area contributed by atoms with E-state index in [-0.39, 0.29) is 33.8 Å². The number of methoxy groups -OCH3 is 2. The van der Waals surface area contributed by atoms with Crippen LogP contribution in [0, 0.1) is 6.92 Å². The molecule has 0 saturated heterocycles. The molecule has 11 heteroatoms. The molecule has 2 N–H and O–H groups in total. The highest BCUT2D eigenvalue weighted by atomic mass is 35.5. The van der Waals surface area contributed by atoms with Gasteiger partial charge < -0.3 is 24.8 Å². The molecule has 10 nitrogen and oxygen atoms in total. The Bertz CT molecular complexity index is 1580. The van der Waals surface area contributed by atoms with E-state index in [9.17, 15) is 19.2 Å². The number of nitrogens with zero attached hydrogens (tertiary/aromatic N) is 1. The van der Waals surface area contributed by atoms with Crippen molar-refractivity contribution in [3.8, 4) is 11.5 Å². The number of imide groups is 1. The quantitative estimate of drug-likeness (QED) is 0.261. The molecule has 4 rings (SSSR count). The van der Waals surface area contributed by atoms with Crippen molar-refractivity contribution in [2.45, 2.75) is 26.9 Å². The van der Waals surface area contributed by atoms with Gasteiger partial charge in [0, 0.05) is 23.0 Å². The van der Waals surface area contributed by atoms with Crippen LogP contribution in [0.2, 0.25) is 0 Å². The maximum absolute atomic E-state index is 13.4. The molecule has 0 radical (unpaired) electrons. The molecule has 212 valence electrons. The maximum Gasteiger partial charge on any atom is 0.338 e. The van der Waals surface area contributed by atoms with E-state index in [1.54, 1.807) is 63.2 Å². The zero-order chi connectivity index (χ0) is 29.8. The Kier molecular flexibility index (Phi) is 8.63. The predicted molar refractivity (Wildman–Crippen MR) is 155 cm³/mol. The zero-order valence-corrected chi connectivity index (χ0v) is 23.8. The van der Waals surface area contributed by atoms with Crippen LogP contribution in [0.25, 0.3) is 0 Å². The van der Waals surface area contributed by atoms with Crippen molar-refractivity contribution < 1.29 is 33.4 Å². The third-order valence-electron chi connectivity index (χ3n) is 6.11. The molecule has 1 aliphatic heterocycles. The summed E-state index contributed by atoms with van der Waals surface area (Å²) in [5, 5.41) is 5.37. The normalized spacial score (nSPS) is 13.0. The van der Waals surface area contributed by atoms with Gasteiger partial charge >= 0.3 is 5.97 Å². The van der Waals surface area contributed by atoms with Gasteiger partial charge in [-0.25, -0.2) is 9.69 Å². The fraction of sp³-hybridized carbons (Fsp3) is 0.200. The van der Waals surface area contributed by atoms with Crippen LogP contribution in [-0.2, 0) is 14.3 Å². The van der Waals surface area contributed by atoms with E-state index >= 15 is 0 Å². The van der Waals surface area contributed by atoms with E-state index in [0.29, 0.717) is 28.3 Å². The number of rotatable bonds is 9. The van der Waals surface area contributed by atoms with Gasteiger partial charge in [0.2, 0.25) is 0 Å². The molecular weight excluding hydrogens is 550 g/mol. The highest BCUT2D eigenvalue weighted by molar-refractivity contribution is 6.53. The summed E-state index contributed by atoms with van der Waals surface area (Å²) in [6.07, 6.45) is -0.282. The van der Waals surface area contributed by atoms with Gasteiger partial charge in [0.15, 0.2) is 0 Å². The summed E-state index contributed by atoms with van der Waals surface area (Å²) in [5.41, 5.74) is 2.09. The van der Waals surface area contributed by atoms with Gasteiger partial charge in [-0.1, -0.05) is 23.7 Å². The number of aryl methyl sites for hydroxylation is 1. The second kappa shape index (κ2) is 12.1. The van der Waals surface area contributed by atoms with E-state index in [1.165, 1.54) is 32.4 Å². The number of benzene rings is 3. The third kappa shape index (κ3) is 6.17. The van der Waals surface area contributed by atoms with Crippen LogP contribution in [0.4, 0.5) is 17.1 Å². The summed E-state index contributed by atoms with van der Waals surface area (Å²) in [7, 11) is 2.89. The molecule has 0 aliphatic carbocycles. The Labute approximate surface area is 241 Å². The lowest BCUT2D eigenvalue weighted by atomic mass is 10.1. The van der Waals surface area contributed by atoms with Crippen molar-refractivity contribution in [2.75, 3.05) is 29.8 Å². The number of halogens is 1. The molecule has 0 unspecified atom stereocenters. The van der Waals surface area contributed by atoms with Crippen molar-refractivity contribution >= 4 is 52.4 Å². The summed E-state index contributed by atoms with van der Waals surface area (Å²) in [4.78, 5) is 52.6. The smallest absolute Gasteiger partial charge is 0.338 e. The topological polar surface area (TPSA) is 123 Å². The monoisotopic (exact) mass is 577 g/mol. The Hall–Kier alpha value is -4.83. The molecule has 1 aliphatic rings. The lowest BCUT2D eigenvalue weighted by Crippen LogP contribution is -2.32. The molecule has 41 heavy (non-hydrogen) atoms. The van der Waals surface area contributed by atoms with Gasteiger partial charge in [0.25, 0.3) is 17.7 Å².